The molecule has 1 aromatic heterocycles. The van der Waals surface area contributed by atoms with Gasteiger partial charge in [0, 0.05) is 11.7 Å². The summed E-state index contributed by atoms with van der Waals surface area (Å²) in [5, 5.41) is 20.6. The Morgan fingerprint density at radius 1 is 1.19 bits per heavy atom. The van der Waals surface area contributed by atoms with E-state index in [2.05, 4.69) is 15.7 Å². The van der Waals surface area contributed by atoms with Gasteiger partial charge in [0.25, 0.3) is 0 Å². The lowest BCUT2D eigenvalue weighted by Crippen LogP contribution is -2.31. The van der Waals surface area contributed by atoms with Crippen LogP contribution in [0.15, 0.2) is 24.3 Å². The fraction of sp³-hybridized carbons (Fsp3) is 0.389. The molecule has 2 rings (SSSR count). The van der Waals surface area contributed by atoms with Crippen molar-refractivity contribution in [2.75, 3.05) is 5.32 Å². The Hall–Kier alpha value is -3.23. The van der Waals surface area contributed by atoms with Crippen LogP contribution in [-0.4, -0.2) is 32.6 Å². The van der Waals surface area contributed by atoms with Gasteiger partial charge >= 0.3 is 5.69 Å². The van der Waals surface area contributed by atoms with E-state index in [0.29, 0.717) is 11.4 Å². The van der Waals surface area contributed by atoms with Crippen LogP contribution in [0.4, 0.5) is 11.4 Å². The van der Waals surface area contributed by atoms with Gasteiger partial charge in [0.05, 0.1) is 11.3 Å². The number of aromatic nitrogens is 2. The van der Waals surface area contributed by atoms with Crippen molar-refractivity contribution in [1.82, 2.24) is 15.1 Å². The second-order valence-corrected chi connectivity index (χ2v) is 6.58. The van der Waals surface area contributed by atoms with Crippen LogP contribution in [0.5, 0.6) is 0 Å². The summed E-state index contributed by atoms with van der Waals surface area (Å²) in [6, 6.07) is 7.04. The molecule has 9 nitrogen and oxygen atoms in total. The highest BCUT2D eigenvalue weighted by atomic mass is 16.6. The molecule has 0 bridgehead atoms. The van der Waals surface area contributed by atoms with Crippen molar-refractivity contribution in [2.24, 2.45) is 0 Å². The van der Waals surface area contributed by atoms with Crippen LogP contribution in [0.25, 0.3) is 0 Å². The van der Waals surface area contributed by atoms with E-state index in [4.69, 9.17) is 0 Å². The maximum Gasteiger partial charge on any atom is 0.312 e. The van der Waals surface area contributed by atoms with Crippen LogP contribution in [-0.2, 0) is 22.6 Å². The summed E-state index contributed by atoms with van der Waals surface area (Å²) in [6.45, 7) is 6.76. The molecule has 144 valence electrons. The molecule has 0 fully saturated rings. The Labute approximate surface area is 156 Å². The Kier molecular flexibility index (Phi) is 6.27. The number of amides is 2. The molecule has 2 amide bonds. The molecule has 9 heteroatoms. The molecular weight excluding hydrogens is 350 g/mol. The monoisotopic (exact) mass is 373 g/mol. The highest BCUT2D eigenvalue weighted by Gasteiger charge is 2.22. The molecule has 2 aromatic rings. The first-order chi connectivity index (χ1) is 12.7. The van der Waals surface area contributed by atoms with E-state index in [0.717, 1.165) is 5.56 Å². The summed E-state index contributed by atoms with van der Waals surface area (Å²) < 4.78 is 1.31. The number of aryl methyl sites for hydroxylation is 1. The fourth-order valence-electron chi connectivity index (χ4n) is 2.71. The first-order valence-corrected chi connectivity index (χ1v) is 8.54. The summed E-state index contributed by atoms with van der Waals surface area (Å²) in [6.07, 6.45) is 0.266. The molecule has 0 saturated carbocycles. The van der Waals surface area contributed by atoms with Crippen molar-refractivity contribution in [3.05, 3.63) is 51.3 Å². The summed E-state index contributed by atoms with van der Waals surface area (Å²) in [4.78, 5) is 34.5. The zero-order valence-corrected chi connectivity index (χ0v) is 15.8. The minimum atomic E-state index is -0.500. The maximum absolute atomic E-state index is 12.2. The van der Waals surface area contributed by atoms with Crippen molar-refractivity contribution in [2.45, 2.75) is 46.7 Å². The quantitative estimate of drug-likeness (QED) is 0.569. The van der Waals surface area contributed by atoms with Crippen molar-refractivity contribution >= 4 is 23.2 Å². The standard InChI is InChI=1S/C18H23N5O4/c1-11(2)19-16(24)9-14-5-7-15(8-6-14)20-17(25)10-22-13(4)18(23(26)27)12(3)21-22/h5-8,11H,9-10H2,1-4H3,(H,19,24)(H,20,25). The first kappa shape index (κ1) is 20.1. The summed E-state index contributed by atoms with van der Waals surface area (Å²) >= 11 is 0. The van der Waals surface area contributed by atoms with E-state index in [1.807, 2.05) is 13.8 Å². The molecule has 0 radical (unpaired) electrons. The third-order valence-electron chi connectivity index (χ3n) is 3.87. The lowest BCUT2D eigenvalue weighted by molar-refractivity contribution is -0.386. The fourth-order valence-corrected chi connectivity index (χ4v) is 2.71. The number of carbonyl (C=O) groups excluding carboxylic acids is 2. The molecule has 0 saturated heterocycles. The smallest absolute Gasteiger partial charge is 0.312 e. The Morgan fingerprint density at radius 3 is 2.33 bits per heavy atom. The average Bonchev–Trinajstić information content (AvgIpc) is 2.82. The van der Waals surface area contributed by atoms with Crippen LogP contribution in [0, 0.1) is 24.0 Å². The molecule has 1 heterocycles. The SMILES string of the molecule is Cc1nn(CC(=O)Nc2ccc(CC(=O)NC(C)C)cc2)c(C)c1[N+](=O)[O-]. The predicted octanol–water partition coefficient (Wildman–Crippen LogP) is 2.11. The molecule has 0 atom stereocenters. The highest BCUT2D eigenvalue weighted by Crippen LogP contribution is 2.21. The average molecular weight is 373 g/mol. The maximum atomic E-state index is 12.2. The van der Waals surface area contributed by atoms with Crippen molar-refractivity contribution < 1.29 is 14.5 Å². The molecular formula is C18H23N5O4. The molecule has 0 aliphatic carbocycles. The minimum Gasteiger partial charge on any atom is -0.354 e. The number of nitrogens with one attached hydrogen (secondary N) is 2. The Bertz CT molecular complexity index is 855. The molecule has 0 aliphatic heterocycles. The van der Waals surface area contributed by atoms with Crippen LogP contribution < -0.4 is 10.6 Å². The van der Waals surface area contributed by atoms with Crippen molar-refractivity contribution in [3.8, 4) is 0 Å². The molecule has 0 spiro atoms. The topological polar surface area (TPSA) is 119 Å². The van der Waals surface area contributed by atoms with Gasteiger partial charge in [0.1, 0.15) is 17.9 Å². The summed E-state index contributed by atoms with van der Waals surface area (Å²) in [5.74, 6) is -0.409. The third kappa shape index (κ3) is 5.37. The summed E-state index contributed by atoms with van der Waals surface area (Å²) in [5.41, 5.74) is 1.93. The number of hydrogen-bond donors (Lipinski definition) is 2. The van der Waals surface area contributed by atoms with Gasteiger partial charge in [-0.2, -0.15) is 5.10 Å². The lowest BCUT2D eigenvalue weighted by atomic mass is 10.1. The Balaban J connectivity index is 1.97. The van der Waals surface area contributed by atoms with E-state index < -0.39 is 4.92 Å². The van der Waals surface area contributed by atoms with E-state index in [1.54, 1.807) is 31.2 Å². The van der Waals surface area contributed by atoms with Crippen LogP contribution in [0.1, 0.15) is 30.8 Å². The molecule has 1 aromatic carbocycles. The number of hydrogen-bond acceptors (Lipinski definition) is 5. The van der Waals surface area contributed by atoms with Gasteiger partial charge in [0.15, 0.2) is 0 Å². The third-order valence-corrected chi connectivity index (χ3v) is 3.87. The number of nitrogens with zero attached hydrogens (tertiary/aromatic N) is 3. The summed E-state index contributed by atoms with van der Waals surface area (Å²) in [7, 11) is 0. The van der Waals surface area contributed by atoms with Gasteiger partial charge in [-0.1, -0.05) is 12.1 Å². The van der Waals surface area contributed by atoms with E-state index >= 15 is 0 Å². The van der Waals surface area contributed by atoms with Crippen LogP contribution in [0.2, 0.25) is 0 Å². The van der Waals surface area contributed by atoms with Gasteiger partial charge in [-0.3, -0.25) is 24.4 Å². The van der Waals surface area contributed by atoms with E-state index in [1.165, 1.54) is 11.6 Å². The molecule has 2 N–H and O–H groups in total. The molecule has 27 heavy (non-hydrogen) atoms. The normalized spacial score (nSPS) is 10.7. The van der Waals surface area contributed by atoms with Crippen molar-refractivity contribution in [3.63, 3.8) is 0 Å². The number of nitro groups is 1. The van der Waals surface area contributed by atoms with E-state index in [9.17, 15) is 19.7 Å². The Morgan fingerprint density at radius 2 is 1.81 bits per heavy atom. The minimum absolute atomic E-state index is 0.0621. The number of carbonyl (C=O) groups is 2. The number of anilines is 1. The second-order valence-electron chi connectivity index (χ2n) is 6.58. The van der Waals surface area contributed by atoms with E-state index in [-0.39, 0.29) is 42.2 Å². The largest absolute Gasteiger partial charge is 0.354 e. The zero-order chi connectivity index (χ0) is 20.1. The van der Waals surface area contributed by atoms with Gasteiger partial charge in [0.2, 0.25) is 11.8 Å². The second kappa shape index (κ2) is 8.43. The van der Waals surface area contributed by atoms with Crippen molar-refractivity contribution in [1.29, 1.82) is 0 Å². The first-order valence-electron chi connectivity index (χ1n) is 8.54. The van der Waals surface area contributed by atoms with Gasteiger partial charge in [-0.05, 0) is 45.4 Å². The molecule has 0 unspecified atom stereocenters. The zero-order valence-electron chi connectivity index (χ0n) is 15.8. The highest BCUT2D eigenvalue weighted by molar-refractivity contribution is 5.90. The number of benzene rings is 1. The van der Waals surface area contributed by atoms with Crippen LogP contribution in [0.3, 0.4) is 0 Å². The number of rotatable bonds is 7. The van der Waals surface area contributed by atoms with Gasteiger partial charge < -0.3 is 10.6 Å². The predicted molar refractivity (Wildman–Crippen MR) is 100 cm³/mol. The van der Waals surface area contributed by atoms with Gasteiger partial charge in [-0.25, -0.2) is 0 Å². The lowest BCUT2D eigenvalue weighted by Gasteiger charge is -2.09. The van der Waals surface area contributed by atoms with Crippen LogP contribution >= 0.6 is 0 Å². The molecule has 0 aliphatic rings. The van der Waals surface area contributed by atoms with Gasteiger partial charge in [-0.15, -0.1) is 0 Å².